The van der Waals surface area contributed by atoms with Crippen molar-refractivity contribution in [1.29, 1.82) is 0 Å². The van der Waals surface area contributed by atoms with Crippen LogP contribution in [0.3, 0.4) is 0 Å². The van der Waals surface area contributed by atoms with E-state index in [0.717, 1.165) is 31.6 Å². The summed E-state index contributed by atoms with van der Waals surface area (Å²) in [6.07, 6.45) is 2.83. The van der Waals surface area contributed by atoms with Gasteiger partial charge in [-0.25, -0.2) is 0 Å². The molecule has 0 aromatic heterocycles. The molecule has 3 rings (SSSR count). The number of hydrogen-bond acceptors (Lipinski definition) is 4. The van der Waals surface area contributed by atoms with E-state index in [4.69, 9.17) is 21.2 Å². The molecule has 1 aliphatic carbocycles. The van der Waals surface area contributed by atoms with Crippen molar-refractivity contribution in [2.75, 3.05) is 13.1 Å². The third kappa shape index (κ3) is 3.39. The molecule has 2 fully saturated rings. The van der Waals surface area contributed by atoms with Gasteiger partial charge in [0.1, 0.15) is 11.9 Å². The van der Waals surface area contributed by atoms with Gasteiger partial charge in [-0.15, -0.1) is 5.06 Å². The highest BCUT2D eigenvalue weighted by atomic mass is 35.5. The lowest BCUT2D eigenvalue weighted by molar-refractivity contribution is -0.188. The smallest absolute Gasteiger partial charge is 0.328 e. The van der Waals surface area contributed by atoms with E-state index in [1.165, 1.54) is 0 Å². The Morgan fingerprint density at radius 3 is 2.89 bits per heavy atom. The van der Waals surface area contributed by atoms with Crippen LogP contribution in [-0.4, -0.2) is 30.2 Å². The Morgan fingerprint density at radius 2 is 2.16 bits per heavy atom. The number of ether oxygens (including phenoxy) is 1. The zero-order chi connectivity index (χ0) is 13.2. The molecular formula is C14H16ClNO3. The summed E-state index contributed by atoms with van der Waals surface area (Å²) in [5, 5.41) is 2.36. The standard InChI is InChI=1S/C14H16ClNO3/c15-11-2-1-3-12(8-11)18-13-6-7-16(9-13)19-14(17)10-4-5-10/h1-3,8,10,13H,4-7,9H2/t13-/m1/s1. The van der Waals surface area contributed by atoms with E-state index < -0.39 is 0 Å². The Balaban J connectivity index is 1.50. The van der Waals surface area contributed by atoms with Crippen LogP contribution >= 0.6 is 11.6 Å². The van der Waals surface area contributed by atoms with Gasteiger partial charge in [-0.05, 0) is 31.0 Å². The number of hydrogen-bond donors (Lipinski definition) is 0. The minimum atomic E-state index is -0.0941. The Labute approximate surface area is 117 Å². The fourth-order valence-electron chi connectivity index (χ4n) is 2.13. The lowest BCUT2D eigenvalue weighted by Gasteiger charge is -2.16. The van der Waals surface area contributed by atoms with Crippen LogP contribution in [0.2, 0.25) is 5.02 Å². The Morgan fingerprint density at radius 1 is 1.32 bits per heavy atom. The van der Waals surface area contributed by atoms with Gasteiger partial charge in [-0.1, -0.05) is 17.7 Å². The number of benzene rings is 1. The second kappa shape index (κ2) is 5.39. The normalized spacial score (nSPS) is 23.3. The maximum absolute atomic E-state index is 11.5. The largest absolute Gasteiger partial charge is 0.489 e. The summed E-state index contributed by atoms with van der Waals surface area (Å²) in [7, 11) is 0. The molecule has 0 radical (unpaired) electrons. The Kier molecular flexibility index (Phi) is 3.62. The highest BCUT2D eigenvalue weighted by Crippen LogP contribution is 2.31. The van der Waals surface area contributed by atoms with E-state index in [9.17, 15) is 4.79 Å². The van der Waals surface area contributed by atoms with Crippen molar-refractivity contribution < 1.29 is 14.4 Å². The predicted octanol–water partition coefficient (Wildman–Crippen LogP) is 2.66. The molecule has 1 aromatic carbocycles. The van der Waals surface area contributed by atoms with Crippen LogP contribution in [0.25, 0.3) is 0 Å². The van der Waals surface area contributed by atoms with E-state index in [1.54, 1.807) is 11.1 Å². The summed E-state index contributed by atoms with van der Waals surface area (Å²) < 4.78 is 5.83. The second-order valence-corrected chi connectivity index (χ2v) is 5.49. The summed E-state index contributed by atoms with van der Waals surface area (Å²) in [4.78, 5) is 16.9. The van der Waals surface area contributed by atoms with Crippen molar-refractivity contribution >= 4 is 17.6 Å². The first kappa shape index (κ1) is 12.8. The van der Waals surface area contributed by atoms with Crippen LogP contribution in [0.15, 0.2) is 24.3 Å². The minimum absolute atomic E-state index is 0.0467. The molecule has 19 heavy (non-hydrogen) atoms. The summed E-state index contributed by atoms with van der Waals surface area (Å²) >= 11 is 5.91. The molecule has 1 saturated carbocycles. The summed E-state index contributed by atoms with van der Waals surface area (Å²) in [5.41, 5.74) is 0. The zero-order valence-electron chi connectivity index (χ0n) is 10.5. The fourth-order valence-corrected chi connectivity index (χ4v) is 2.31. The lowest BCUT2D eigenvalue weighted by atomic mass is 10.3. The summed E-state index contributed by atoms with van der Waals surface area (Å²) in [5.74, 6) is 0.796. The first-order valence-electron chi connectivity index (χ1n) is 6.60. The van der Waals surface area contributed by atoms with Crippen LogP contribution in [0, 0.1) is 5.92 Å². The van der Waals surface area contributed by atoms with Crippen LogP contribution < -0.4 is 4.74 Å². The predicted molar refractivity (Wildman–Crippen MR) is 70.9 cm³/mol. The second-order valence-electron chi connectivity index (χ2n) is 5.06. The van der Waals surface area contributed by atoms with Gasteiger partial charge in [0.05, 0.1) is 12.5 Å². The number of carbonyl (C=O) groups excluding carboxylic acids is 1. The van der Waals surface area contributed by atoms with Crippen LogP contribution in [-0.2, 0) is 9.63 Å². The third-order valence-electron chi connectivity index (χ3n) is 3.34. The van der Waals surface area contributed by atoms with Gasteiger partial charge < -0.3 is 9.57 Å². The van der Waals surface area contributed by atoms with Gasteiger partial charge in [-0.2, -0.15) is 0 Å². The molecule has 2 aliphatic rings. The molecule has 1 saturated heterocycles. The van der Waals surface area contributed by atoms with Gasteiger partial charge in [0.25, 0.3) is 0 Å². The zero-order valence-corrected chi connectivity index (χ0v) is 11.3. The van der Waals surface area contributed by atoms with E-state index in [0.29, 0.717) is 11.6 Å². The third-order valence-corrected chi connectivity index (χ3v) is 3.57. The molecule has 0 bridgehead atoms. The Bertz CT molecular complexity index is 476. The molecule has 0 spiro atoms. The average molecular weight is 282 g/mol. The topological polar surface area (TPSA) is 38.8 Å². The Hall–Kier alpha value is -1.26. The lowest BCUT2D eigenvalue weighted by Crippen LogP contribution is -2.28. The van der Waals surface area contributed by atoms with Crippen molar-refractivity contribution in [1.82, 2.24) is 5.06 Å². The molecule has 0 unspecified atom stereocenters. The van der Waals surface area contributed by atoms with Crippen molar-refractivity contribution in [3.8, 4) is 5.75 Å². The molecule has 1 heterocycles. The van der Waals surface area contributed by atoms with Gasteiger partial charge in [-0.3, -0.25) is 4.79 Å². The SMILES string of the molecule is O=C(ON1CC[C@@H](Oc2cccc(Cl)c2)C1)C1CC1. The number of rotatable bonds is 4. The number of hydroxylamine groups is 2. The van der Waals surface area contributed by atoms with Gasteiger partial charge in [0.15, 0.2) is 0 Å². The maximum atomic E-state index is 11.5. The minimum Gasteiger partial charge on any atom is -0.489 e. The first-order valence-corrected chi connectivity index (χ1v) is 6.97. The number of nitrogens with zero attached hydrogens (tertiary/aromatic N) is 1. The fraction of sp³-hybridized carbons (Fsp3) is 0.500. The van der Waals surface area contributed by atoms with Crippen molar-refractivity contribution in [3.63, 3.8) is 0 Å². The van der Waals surface area contributed by atoms with Gasteiger partial charge >= 0.3 is 5.97 Å². The summed E-state index contributed by atoms with van der Waals surface area (Å²) in [6.45, 7) is 1.34. The molecule has 1 atom stereocenters. The molecule has 102 valence electrons. The van der Waals surface area contributed by atoms with E-state index >= 15 is 0 Å². The van der Waals surface area contributed by atoms with E-state index in [2.05, 4.69) is 0 Å². The highest BCUT2D eigenvalue weighted by Gasteiger charge is 2.35. The average Bonchev–Trinajstić information content (AvgIpc) is 3.13. The molecule has 1 aromatic rings. The van der Waals surface area contributed by atoms with Crippen LogP contribution in [0.5, 0.6) is 5.75 Å². The monoisotopic (exact) mass is 281 g/mol. The van der Waals surface area contributed by atoms with Gasteiger partial charge in [0.2, 0.25) is 0 Å². The van der Waals surface area contributed by atoms with Crippen molar-refractivity contribution in [3.05, 3.63) is 29.3 Å². The maximum Gasteiger partial charge on any atom is 0.328 e. The van der Waals surface area contributed by atoms with Crippen molar-refractivity contribution in [2.24, 2.45) is 5.92 Å². The van der Waals surface area contributed by atoms with E-state index in [-0.39, 0.29) is 18.0 Å². The van der Waals surface area contributed by atoms with Crippen LogP contribution in [0.1, 0.15) is 19.3 Å². The van der Waals surface area contributed by atoms with Crippen LogP contribution in [0.4, 0.5) is 0 Å². The van der Waals surface area contributed by atoms with Crippen molar-refractivity contribution in [2.45, 2.75) is 25.4 Å². The van der Waals surface area contributed by atoms with E-state index in [1.807, 2.05) is 18.2 Å². The summed E-state index contributed by atoms with van der Waals surface area (Å²) in [6, 6.07) is 7.34. The quantitative estimate of drug-likeness (QED) is 0.850. The number of halogens is 1. The molecule has 4 nitrogen and oxygen atoms in total. The molecule has 5 heteroatoms. The first-order chi connectivity index (χ1) is 9.20. The molecular weight excluding hydrogens is 266 g/mol. The highest BCUT2D eigenvalue weighted by molar-refractivity contribution is 6.30. The molecule has 0 amide bonds. The molecule has 0 N–H and O–H groups in total. The number of carbonyl (C=O) groups is 1. The molecule has 1 aliphatic heterocycles. The van der Waals surface area contributed by atoms with Gasteiger partial charge in [0, 0.05) is 18.0 Å².